The number of nitrogens with zero attached hydrogens (tertiary/aromatic N) is 2. The first-order valence-electron chi connectivity index (χ1n) is 11.2. The number of halogens is 2. The van der Waals surface area contributed by atoms with Crippen molar-refractivity contribution in [1.82, 2.24) is 9.88 Å². The van der Waals surface area contributed by atoms with Crippen LogP contribution in [0.15, 0.2) is 48.5 Å². The lowest BCUT2D eigenvalue weighted by Crippen LogP contribution is -2.26. The highest BCUT2D eigenvalue weighted by molar-refractivity contribution is 5.79. The Bertz CT molecular complexity index is 1270. The van der Waals surface area contributed by atoms with Crippen LogP contribution in [0.4, 0.5) is 8.78 Å². The molecule has 1 heterocycles. The van der Waals surface area contributed by atoms with Gasteiger partial charge in [-0.05, 0) is 46.9 Å². The number of benzene rings is 2. The predicted molar refractivity (Wildman–Crippen MR) is 129 cm³/mol. The van der Waals surface area contributed by atoms with E-state index in [1.54, 1.807) is 33.2 Å². The zero-order valence-electron chi connectivity index (χ0n) is 20.1. The summed E-state index contributed by atoms with van der Waals surface area (Å²) in [4.78, 5) is 28.8. The van der Waals surface area contributed by atoms with Crippen LogP contribution >= 0.6 is 0 Å². The molecule has 1 atom stereocenters. The van der Waals surface area contributed by atoms with Crippen molar-refractivity contribution in [3.8, 4) is 28.6 Å². The van der Waals surface area contributed by atoms with Gasteiger partial charge >= 0.3 is 5.97 Å². The molecule has 1 unspecified atom stereocenters. The maximum absolute atomic E-state index is 14.6. The number of rotatable bonds is 10. The molecule has 0 saturated carbocycles. The van der Waals surface area contributed by atoms with Crippen LogP contribution < -0.4 is 15.2 Å². The van der Waals surface area contributed by atoms with Crippen LogP contribution in [0.25, 0.3) is 11.1 Å². The Morgan fingerprint density at radius 1 is 1.03 bits per heavy atom. The number of hydrogen-bond donors (Lipinski definition) is 2. The number of ether oxygens (including phenoxy) is 2. The van der Waals surface area contributed by atoms with Crippen molar-refractivity contribution in [3.63, 3.8) is 0 Å². The Labute approximate surface area is 207 Å². The summed E-state index contributed by atoms with van der Waals surface area (Å²) in [6.45, 7) is 1.87. The number of carboxylic acid groups (broad SMARTS) is 1. The second-order valence-corrected chi connectivity index (χ2v) is 8.25. The number of aromatic nitrogens is 1. The van der Waals surface area contributed by atoms with Crippen LogP contribution in [0, 0.1) is 11.6 Å². The van der Waals surface area contributed by atoms with Gasteiger partial charge in [-0.2, -0.15) is 4.98 Å². The van der Waals surface area contributed by atoms with Crippen LogP contribution in [0.2, 0.25) is 0 Å². The molecule has 10 heteroatoms. The molecule has 3 N–H and O–H groups in total. The lowest BCUT2D eigenvalue weighted by Gasteiger charge is -2.16. The molecule has 0 aliphatic carbocycles. The van der Waals surface area contributed by atoms with Crippen molar-refractivity contribution in [3.05, 3.63) is 71.3 Å². The van der Waals surface area contributed by atoms with E-state index in [-0.39, 0.29) is 24.5 Å². The smallest absolute Gasteiger partial charge is 0.344 e. The van der Waals surface area contributed by atoms with Crippen molar-refractivity contribution >= 4 is 11.9 Å². The molecule has 0 aliphatic rings. The fourth-order valence-corrected chi connectivity index (χ4v) is 3.34. The van der Waals surface area contributed by atoms with Crippen LogP contribution in [0.1, 0.15) is 24.5 Å². The van der Waals surface area contributed by atoms with E-state index in [0.29, 0.717) is 23.7 Å². The molecule has 1 aromatic heterocycles. The highest BCUT2D eigenvalue weighted by atomic mass is 19.1. The van der Waals surface area contributed by atoms with Gasteiger partial charge < -0.3 is 25.2 Å². The largest absolute Gasteiger partial charge is 0.479 e. The summed E-state index contributed by atoms with van der Waals surface area (Å²) >= 11 is 0. The van der Waals surface area contributed by atoms with Gasteiger partial charge in [-0.3, -0.25) is 4.79 Å². The van der Waals surface area contributed by atoms with E-state index < -0.39 is 35.5 Å². The quantitative estimate of drug-likeness (QED) is 0.431. The Kier molecular flexibility index (Phi) is 8.55. The second-order valence-electron chi connectivity index (χ2n) is 8.25. The normalized spacial score (nSPS) is 11.6. The van der Waals surface area contributed by atoms with E-state index in [2.05, 4.69) is 4.98 Å². The lowest BCUT2D eigenvalue weighted by atomic mass is 9.99. The third kappa shape index (κ3) is 6.54. The Morgan fingerprint density at radius 3 is 2.36 bits per heavy atom. The van der Waals surface area contributed by atoms with E-state index in [9.17, 15) is 23.5 Å². The molecule has 8 nitrogen and oxygen atoms in total. The summed E-state index contributed by atoms with van der Waals surface area (Å²) < 4.78 is 39.6. The first-order chi connectivity index (χ1) is 17.1. The number of nitrogens with two attached hydrogens (primary N) is 1. The fraction of sp³-hybridized carbons (Fsp3) is 0.269. The lowest BCUT2D eigenvalue weighted by molar-refractivity contribution is -0.145. The molecule has 2 aromatic carbocycles. The summed E-state index contributed by atoms with van der Waals surface area (Å²) in [7, 11) is 3.27. The molecule has 3 aromatic rings. The topological polar surface area (TPSA) is 115 Å². The van der Waals surface area contributed by atoms with Crippen molar-refractivity contribution in [2.24, 2.45) is 5.73 Å². The minimum atomic E-state index is -1.37. The molecule has 36 heavy (non-hydrogen) atoms. The molecule has 0 bridgehead atoms. The van der Waals surface area contributed by atoms with Gasteiger partial charge in [0.15, 0.2) is 17.7 Å². The predicted octanol–water partition coefficient (Wildman–Crippen LogP) is 4.15. The number of carbonyl (C=O) groups is 2. The zero-order valence-corrected chi connectivity index (χ0v) is 20.1. The molecular formula is C26H27F2N3O5. The summed E-state index contributed by atoms with van der Waals surface area (Å²) in [5.41, 5.74) is 8.72. The fourth-order valence-electron chi connectivity index (χ4n) is 3.34. The number of carboxylic acids is 1. The van der Waals surface area contributed by atoms with Gasteiger partial charge in [-0.1, -0.05) is 31.2 Å². The maximum atomic E-state index is 14.6. The minimum absolute atomic E-state index is 0.0389. The minimum Gasteiger partial charge on any atom is -0.479 e. The standard InChI is InChI=1S/C26H27F2N3O5/c1-4-22(26(33)34)36-25-21(28)13-20(27)24(30-25)35-19-10-16(11-23(32)31(2)3)9-18(12-19)17-7-5-6-15(8-17)14-29/h5-10,12-13,22H,4,11,14,29H2,1-3H3,(H,33,34). The monoisotopic (exact) mass is 499 g/mol. The van der Waals surface area contributed by atoms with Gasteiger partial charge in [-0.15, -0.1) is 0 Å². The Balaban J connectivity index is 2.03. The van der Waals surface area contributed by atoms with Crippen LogP contribution in [-0.2, 0) is 22.6 Å². The highest BCUT2D eigenvalue weighted by Crippen LogP contribution is 2.32. The average molecular weight is 500 g/mol. The first-order valence-corrected chi connectivity index (χ1v) is 11.2. The number of hydrogen-bond acceptors (Lipinski definition) is 6. The molecule has 0 saturated heterocycles. The summed E-state index contributed by atoms with van der Waals surface area (Å²) in [6.07, 6.45) is -1.28. The molecule has 190 valence electrons. The summed E-state index contributed by atoms with van der Waals surface area (Å²) in [5, 5.41) is 9.18. The van der Waals surface area contributed by atoms with Gasteiger partial charge in [0.25, 0.3) is 11.8 Å². The number of amides is 1. The van der Waals surface area contributed by atoms with E-state index >= 15 is 0 Å². The molecule has 0 spiro atoms. The SMILES string of the molecule is CCC(Oc1nc(Oc2cc(CC(=O)N(C)C)cc(-c3cccc(CN)c3)c2)c(F)cc1F)C(=O)O. The van der Waals surface area contributed by atoms with Crippen molar-refractivity contribution < 1.29 is 33.0 Å². The van der Waals surface area contributed by atoms with E-state index in [4.69, 9.17) is 15.2 Å². The molecule has 3 rings (SSSR count). The van der Waals surface area contributed by atoms with Crippen molar-refractivity contribution in [1.29, 1.82) is 0 Å². The van der Waals surface area contributed by atoms with Crippen molar-refractivity contribution in [2.45, 2.75) is 32.4 Å². The summed E-state index contributed by atoms with van der Waals surface area (Å²) in [6, 6.07) is 13.0. The third-order valence-electron chi connectivity index (χ3n) is 5.30. The van der Waals surface area contributed by atoms with Gasteiger partial charge in [0.1, 0.15) is 5.75 Å². The number of carbonyl (C=O) groups excluding carboxylic acids is 1. The van der Waals surface area contributed by atoms with Gasteiger partial charge in [0.2, 0.25) is 5.91 Å². The van der Waals surface area contributed by atoms with Crippen LogP contribution in [0.5, 0.6) is 17.5 Å². The third-order valence-corrected chi connectivity index (χ3v) is 5.30. The van der Waals surface area contributed by atoms with E-state index in [1.165, 1.54) is 4.90 Å². The zero-order chi connectivity index (χ0) is 26.4. The van der Waals surface area contributed by atoms with Crippen LogP contribution in [-0.4, -0.2) is 47.1 Å². The number of likely N-dealkylation sites (N-methyl/N-ethyl adjacent to an activating group) is 1. The number of pyridine rings is 1. The van der Waals surface area contributed by atoms with E-state index in [1.807, 2.05) is 30.3 Å². The van der Waals surface area contributed by atoms with Gasteiger partial charge in [-0.25, -0.2) is 13.6 Å². The highest BCUT2D eigenvalue weighted by Gasteiger charge is 2.23. The van der Waals surface area contributed by atoms with Crippen molar-refractivity contribution in [2.75, 3.05) is 14.1 Å². The van der Waals surface area contributed by atoms with Gasteiger partial charge in [0.05, 0.1) is 6.42 Å². The summed E-state index contributed by atoms with van der Waals surface area (Å²) in [5.74, 6) is -4.90. The second kappa shape index (κ2) is 11.6. The average Bonchev–Trinajstić information content (AvgIpc) is 2.84. The van der Waals surface area contributed by atoms with E-state index in [0.717, 1.165) is 11.1 Å². The Hall–Kier alpha value is -4.05. The molecule has 0 fully saturated rings. The Morgan fingerprint density at radius 2 is 1.72 bits per heavy atom. The molecule has 0 aliphatic heterocycles. The molecule has 1 amide bonds. The molecular weight excluding hydrogens is 472 g/mol. The number of aliphatic carboxylic acids is 1. The maximum Gasteiger partial charge on any atom is 0.344 e. The van der Waals surface area contributed by atoms with Gasteiger partial charge in [0, 0.05) is 26.7 Å². The van der Waals surface area contributed by atoms with Crippen LogP contribution in [0.3, 0.4) is 0 Å². The first kappa shape index (κ1) is 26.6. The molecule has 0 radical (unpaired) electrons.